The number of carbonyl (C=O) groups is 1. The normalized spacial score (nSPS) is 11.9. The Balaban J connectivity index is 1.33. The van der Waals surface area contributed by atoms with Crippen molar-refractivity contribution in [1.29, 1.82) is 0 Å². The van der Waals surface area contributed by atoms with Crippen molar-refractivity contribution < 1.29 is 9.53 Å². The predicted molar refractivity (Wildman–Crippen MR) is 126 cm³/mol. The van der Waals surface area contributed by atoms with Gasteiger partial charge in [-0.1, -0.05) is 60.7 Å². The lowest BCUT2D eigenvalue weighted by molar-refractivity contribution is -0.121. The number of hydrazone groups is 1. The van der Waals surface area contributed by atoms with Crippen molar-refractivity contribution in [3.05, 3.63) is 103 Å². The summed E-state index contributed by atoms with van der Waals surface area (Å²) in [6, 6.07) is 30.8. The van der Waals surface area contributed by atoms with Crippen molar-refractivity contribution in [3.8, 4) is 11.5 Å². The second-order valence-corrected chi connectivity index (χ2v) is 7.15. The van der Waals surface area contributed by atoms with Crippen molar-refractivity contribution >= 4 is 28.6 Å². The molecule has 0 aliphatic rings. The highest BCUT2D eigenvalue weighted by molar-refractivity contribution is 5.89. The second kappa shape index (κ2) is 9.59. The Bertz CT molecular complexity index is 1210. The molecule has 154 valence electrons. The quantitative estimate of drug-likeness (QED) is 0.309. The van der Waals surface area contributed by atoms with E-state index in [4.69, 9.17) is 4.74 Å². The summed E-state index contributed by atoms with van der Waals surface area (Å²) in [6.45, 7) is 1.80. The van der Waals surface area contributed by atoms with E-state index in [-0.39, 0.29) is 5.91 Å². The first-order valence-corrected chi connectivity index (χ1v) is 10.1. The highest BCUT2D eigenvalue weighted by atomic mass is 16.5. The maximum atomic E-state index is 12.4. The van der Waals surface area contributed by atoms with Crippen LogP contribution in [0.5, 0.6) is 11.5 Å². The average Bonchev–Trinajstić information content (AvgIpc) is 2.80. The van der Waals surface area contributed by atoms with E-state index in [1.54, 1.807) is 13.1 Å². The molecule has 0 unspecified atom stereocenters. The number of hydrogen-bond donors (Lipinski definition) is 2. The summed E-state index contributed by atoms with van der Waals surface area (Å²) in [5.74, 6) is 1.24. The molecule has 4 aromatic carbocycles. The van der Waals surface area contributed by atoms with Crippen LogP contribution >= 0.6 is 0 Å². The maximum absolute atomic E-state index is 12.4. The zero-order valence-electron chi connectivity index (χ0n) is 17.2. The van der Waals surface area contributed by atoms with Crippen LogP contribution in [0.25, 0.3) is 10.8 Å². The molecule has 1 atom stereocenters. The van der Waals surface area contributed by atoms with E-state index >= 15 is 0 Å². The van der Waals surface area contributed by atoms with E-state index in [1.165, 1.54) is 0 Å². The fourth-order valence-corrected chi connectivity index (χ4v) is 3.14. The number of fused-ring (bicyclic) bond motifs is 1. The zero-order valence-corrected chi connectivity index (χ0v) is 17.2. The van der Waals surface area contributed by atoms with Crippen LogP contribution in [0.3, 0.4) is 0 Å². The van der Waals surface area contributed by atoms with Gasteiger partial charge in [0, 0.05) is 5.69 Å². The third-order valence-corrected chi connectivity index (χ3v) is 4.75. The van der Waals surface area contributed by atoms with Crippen LogP contribution in [0.2, 0.25) is 0 Å². The molecule has 2 N–H and O–H groups in total. The molecule has 4 rings (SSSR count). The van der Waals surface area contributed by atoms with Gasteiger partial charge in [0.2, 0.25) is 0 Å². The van der Waals surface area contributed by atoms with Crippen LogP contribution in [0, 0.1) is 0 Å². The minimum atomic E-state index is -0.439. The smallest absolute Gasteiger partial charge is 0.262 e. The molecule has 0 fully saturated rings. The standard InChI is InChI=1S/C26H23N3O2/c1-19(28-23-15-14-21-9-5-6-10-22(21)17-23)26(30)29-27-18-20-8-7-13-25(16-20)31-24-11-3-2-4-12-24/h2-19,28H,1H3,(H,29,30)/b27-18-/t19-/m0/s1. The third kappa shape index (κ3) is 5.48. The molecular weight excluding hydrogens is 386 g/mol. The second-order valence-electron chi connectivity index (χ2n) is 7.15. The van der Waals surface area contributed by atoms with Crippen molar-refractivity contribution in [2.24, 2.45) is 5.10 Å². The molecule has 0 bridgehead atoms. The van der Waals surface area contributed by atoms with E-state index in [1.807, 2.05) is 91.0 Å². The van der Waals surface area contributed by atoms with Crippen molar-refractivity contribution in [3.63, 3.8) is 0 Å². The SMILES string of the molecule is C[C@H](Nc1ccc2ccccc2c1)C(=O)N/N=C\c1cccc(Oc2ccccc2)c1. The molecule has 0 saturated heterocycles. The lowest BCUT2D eigenvalue weighted by Crippen LogP contribution is -2.34. The fourth-order valence-electron chi connectivity index (χ4n) is 3.14. The van der Waals surface area contributed by atoms with E-state index in [0.29, 0.717) is 5.75 Å². The van der Waals surface area contributed by atoms with Gasteiger partial charge in [-0.2, -0.15) is 5.10 Å². The molecular formula is C26H23N3O2. The minimum absolute atomic E-state index is 0.221. The van der Waals surface area contributed by atoms with E-state index < -0.39 is 6.04 Å². The van der Waals surface area contributed by atoms with Gasteiger partial charge in [0.1, 0.15) is 17.5 Å². The van der Waals surface area contributed by atoms with Gasteiger partial charge in [0.15, 0.2) is 0 Å². The van der Waals surface area contributed by atoms with Gasteiger partial charge in [0.05, 0.1) is 6.21 Å². The molecule has 1 amide bonds. The topological polar surface area (TPSA) is 62.7 Å². The number of nitrogens with one attached hydrogen (secondary N) is 2. The molecule has 0 spiro atoms. The molecule has 4 aromatic rings. The molecule has 31 heavy (non-hydrogen) atoms. The molecule has 0 aromatic heterocycles. The lowest BCUT2D eigenvalue weighted by atomic mass is 10.1. The molecule has 0 saturated carbocycles. The Labute approximate surface area is 181 Å². The number of rotatable bonds is 7. The van der Waals surface area contributed by atoms with Crippen LogP contribution in [-0.4, -0.2) is 18.2 Å². The number of ether oxygens (including phenoxy) is 1. The fraction of sp³-hybridized carbons (Fsp3) is 0.0769. The molecule has 5 nitrogen and oxygen atoms in total. The number of nitrogens with zero attached hydrogens (tertiary/aromatic N) is 1. The monoisotopic (exact) mass is 409 g/mol. The Hall–Kier alpha value is -4.12. The lowest BCUT2D eigenvalue weighted by Gasteiger charge is -2.14. The maximum Gasteiger partial charge on any atom is 0.262 e. The van der Waals surface area contributed by atoms with Gasteiger partial charge < -0.3 is 10.1 Å². The van der Waals surface area contributed by atoms with Gasteiger partial charge in [-0.05, 0) is 59.7 Å². The zero-order chi connectivity index (χ0) is 21.5. The number of para-hydroxylation sites is 1. The average molecular weight is 409 g/mol. The van der Waals surface area contributed by atoms with E-state index in [0.717, 1.165) is 27.8 Å². The summed E-state index contributed by atoms with van der Waals surface area (Å²) in [6.07, 6.45) is 1.60. The Kier molecular flexibility index (Phi) is 6.24. The first-order valence-electron chi connectivity index (χ1n) is 10.1. The summed E-state index contributed by atoms with van der Waals surface area (Å²) >= 11 is 0. The Morgan fingerprint density at radius 1 is 0.839 bits per heavy atom. The van der Waals surface area contributed by atoms with Crippen LogP contribution in [0.4, 0.5) is 5.69 Å². The first-order chi connectivity index (χ1) is 15.2. The van der Waals surface area contributed by atoms with Gasteiger partial charge in [0.25, 0.3) is 5.91 Å². The number of anilines is 1. The highest BCUT2D eigenvalue weighted by Crippen LogP contribution is 2.21. The number of carbonyl (C=O) groups excluding carboxylic acids is 1. The summed E-state index contributed by atoms with van der Waals surface area (Å²) < 4.78 is 5.82. The molecule has 0 aliphatic carbocycles. The van der Waals surface area contributed by atoms with Crippen molar-refractivity contribution in [2.45, 2.75) is 13.0 Å². The number of hydrogen-bond acceptors (Lipinski definition) is 4. The largest absolute Gasteiger partial charge is 0.457 e. The number of benzene rings is 4. The summed E-state index contributed by atoms with van der Waals surface area (Å²) in [5.41, 5.74) is 4.29. The van der Waals surface area contributed by atoms with E-state index in [9.17, 15) is 4.79 Å². The molecule has 0 aliphatic heterocycles. The summed E-state index contributed by atoms with van der Waals surface area (Å²) in [7, 11) is 0. The van der Waals surface area contributed by atoms with Gasteiger partial charge >= 0.3 is 0 Å². The van der Waals surface area contributed by atoms with Crippen LogP contribution in [-0.2, 0) is 4.79 Å². The molecule has 0 radical (unpaired) electrons. The summed E-state index contributed by atoms with van der Waals surface area (Å²) in [5, 5.41) is 9.58. The van der Waals surface area contributed by atoms with E-state index in [2.05, 4.69) is 21.9 Å². The summed E-state index contributed by atoms with van der Waals surface area (Å²) in [4.78, 5) is 12.4. The minimum Gasteiger partial charge on any atom is -0.457 e. The van der Waals surface area contributed by atoms with Crippen molar-refractivity contribution in [1.82, 2.24) is 5.43 Å². The Morgan fingerprint density at radius 3 is 2.42 bits per heavy atom. The van der Waals surface area contributed by atoms with Crippen LogP contribution in [0.15, 0.2) is 102 Å². The first kappa shape index (κ1) is 20.2. The van der Waals surface area contributed by atoms with Crippen LogP contribution in [0.1, 0.15) is 12.5 Å². The van der Waals surface area contributed by atoms with Gasteiger partial charge in [-0.3, -0.25) is 4.79 Å². The van der Waals surface area contributed by atoms with Gasteiger partial charge in [-0.25, -0.2) is 5.43 Å². The third-order valence-electron chi connectivity index (χ3n) is 4.75. The number of amides is 1. The predicted octanol–water partition coefficient (Wildman–Crippen LogP) is 5.58. The molecule has 0 heterocycles. The Morgan fingerprint density at radius 2 is 1.58 bits per heavy atom. The van der Waals surface area contributed by atoms with Gasteiger partial charge in [-0.15, -0.1) is 0 Å². The van der Waals surface area contributed by atoms with Crippen LogP contribution < -0.4 is 15.5 Å². The highest BCUT2D eigenvalue weighted by Gasteiger charge is 2.11. The van der Waals surface area contributed by atoms with Crippen molar-refractivity contribution in [2.75, 3.05) is 5.32 Å². The molecule has 5 heteroatoms.